The van der Waals surface area contributed by atoms with Gasteiger partial charge in [0.25, 0.3) is 5.91 Å². The maximum absolute atomic E-state index is 12.5. The molecule has 1 amide bonds. The van der Waals surface area contributed by atoms with Crippen LogP contribution in [0.5, 0.6) is 5.75 Å². The van der Waals surface area contributed by atoms with Crippen LogP contribution in [0, 0.1) is 5.92 Å². The average Bonchev–Trinajstić information content (AvgIpc) is 3.35. The molecule has 1 aromatic heterocycles. The van der Waals surface area contributed by atoms with E-state index in [2.05, 4.69) is 10.4 Å². The second kappa shape index (κ2) is 6.67. The number of carbonyl (C=O) groups excluding carboxylic acids is 1. The van der Waals surface area contributed by atoms with Gasteiger partial charge in [-0.25, -0.2) is 0 Å². The first kappa shape index (κ1) is 15.2. The standard InChI is InChI=1S/C19H23N3O2/c23-19(16-12-21-22-10-4-3-6-17(16)22)20-11-15-5-1-2-7-18(15)24-13-14-8-9-14/h1-2,5,7,12,14H,3-4,6,8-11,13H2,(H,20,23). The number of benzene rings is 1. The Hall–Kier alpha value is -2.30. The van der Waals surface area contributed by atoms with Crippen LogP contribution in [-0.2, 0) is 19.5 Å². The van der Waals surface area contributed by atoms with Crippen LogP contribution in [0.1, 0.15) is 47.3 Å². The van der Waals surface area contributed by atoms with E-state index >= 15 is 0 Å². The van der Waals surface area contributed by atoms with E-state index < -0.39 is 0 Å². The zero-order chi connectivity index (χ0) is 16.4. The van der Waals surface area contributed by atoms with Crippen molar-refractivity contribution in [3.05, 3.63) is 47.3 Å². The van der Waals surface area contributed by atoms with E-state index in [9.17, 15) is 4.79 Å². The van der Waals surface area contributed by atoms with Crippen molar-refractivity contribution in [1.82, 2.24) is 15.1 Å². The van der Waals surface area contributed by atoms with Gasteiger partial charge in [0.2, 0.25) is 0 Å². The summed E-state index contributed by atoms with van der Waals surface area (Å²) < 4.78 is 7.87. The number of nitrogens with one attached hydrogen (secondary N) is 1. The maximum atomic E-state index is 12.5. The van der Waals surface area contributed by atoms with Crippen molar-refractivity contribution in [1.29, 1.82) is 0 Å². The molecule has 1 fully saturated rings. The highest BCUT2D eigenvalue weighted by molar-refractivity contribution is 5.95. The van der Waals surface area contributed by atoms with Gasteiger partial charge in [0.1, 0.15) is 5.75 Å². The Morgan fingerprint density at radius 2 is 2.17 bits per heavy atom. The fourth-order valence-corrected chi connectivity index (χ4v) is 3.16. The maximum Gasteiger partial charge on any atom is 0.255 e. The molecule has 0 spiro atoms. The van der Waals surface area contributed by atoms with Crippen LogP contribution in [0.3, 0.4) is 0 Å². The van der Waals surface area contributed by atoms with Crippen LogP contribution in [0.25, 0.3) is 0 Å². The summed E-state index contributed by atoms with van der Waals surface area (Å²) in [5, 5.41) is 7.36. The van der Waals surface area contributed by atoms with Gasteiger partial charge < -0.3 is 10.1 Å². The first-order valence-corrected chi connectivity index (χ1v) is 8.85. The first-order valence-electron chi connectivity index (χ1n) is 8.85. The van der Waals surface area contributed by atoms with Crippen LogP contribution >= 0.6 is 0 Å². The third-order valence-corrected chi connectivity index (χ3v) is 4.81. The zero-order valence-corrected chi connectivity index (χ0v) is 13.8. The third kappa shape index (κ3) is 3.30. The van der Waals surface area contributed by atoms with Crippen LogP contribution in [0.4, 0.5) is 0 Å². The highest BCUT2D eigenvalue weighted by Gasteiger charge is 2.23. The molecule has 4 rings (SSSR count). The van der Waals surface area contributed by atoms with Crippen molar-refractivity contribution < 1.29 is 9.53 Å². The van der Waals surface area contributed by atoms with Crippen LogP contribution < -0.4 is 10.1 Å². The fourth-order valence-electron chi connectivity index (χ4n) is 3.16. The molecule has 1 N–H and O–H groups in total. The number of para-hydroxylation sites is 1. The number of hydrogen-bond acceptors (Lipinski definition) is 3. The summed E-state index contributed by atoms with van der Waals surface area (Å²) in [5.74, 6) is 1.54. The van der Waals surface area contributed by atoms with Crippen LogP contribution in [0.2, 0.25) is 0 Å². The van der Waals surface area contributed by atoms with E-state index in [0.717, 1.165) is 49.4 Å². The molecule has 24 heavy (non-hydrogen) atoms. The minimum absolute atomic E-state index is 0.0462. The SMILES string of the molecule is O=C(NCc1ccccc1OCC1CC1)c1cnn2c1CCCC2. The van der Waals surface area contributed by atoms with Crippen LogP contribution in [-0.4, -0.2) is 22.3 Å². The molecule has 2 aliphatic rings. The molecule has 126 valence electrons. The minimum Gasteiger partial charge on any atom is -0.493 e. The molecule has 0 radical (unpaired) electrons. The molecular formula is C19H23N3O2. The lowest BCUT2D eigenvalue weighted by molar-refractivity contribution is 0.0949. The lowest BCUT2D eigenvalue weighted by Crippen LogP contribution is -2.25. The Labute approximate surface area is 142 Å². The summed E-state index contributed by atoms with van der Waals surface area (Å²) >= 11 is 0. The Kier molecular flexibility index (Phi) is 4.24. The lowest BCUT2D eigenvalue weighted by atomic mass is 10.1. The number of amides is 1. The third-order valence-electron chi connectivity index (χ3n) is 4.81. The number of rotatable bonds is 6. The molecule has 1 aliphatic heterocycles. The molecule has 0 saturated heterocycles. The van der Waals surface area contributed by atoms with Crippen molar-refractivity contribution in [3.63, 3.8) is 0 Å². The quantitative estimate of drug-likeness (QED) is 0.888. The van der Waals surface area contributed by atoms with Gasteiger partial charge in [-0.2, -0.15) is 5.10 Å². The molecule has 5 nitrogen and oxygen atoms in total. The van der Waals surface area contributed by atoms with Crippen molar-refractivity contribution in [2.24, 2.45) is 5.92 Å². The molecule has 0 atom stereocenters. The van der Waals surface area contributed by atoms with Crippen molar-refractivity contribution in [2.45, 2.75) is 45.2 Å². The van der Waals surface area contributed by atoms with Gasteiger partial charge in [-0.1, -0.05) is 18.2 Å². The highest BCUT2D eigenvalue weighted by atomic mass is 16.5. The number of aromatic nitrogens is 2. The van der Waals surface area contributed by atoms with Gasteiger partial charge in [0.15, 0.2) is 0 Å². The van der Waals surface area contributed by atoms with E-state index in [1.54, 1.807) is 6.20 Å². The smallest absolute Gasteiger partial charge is 0.255 e. The molecule has 1 saturated carbocycles. The van der Waals surface area contributed by atoms with Gasteiger partial charge in [-0.3, -0.25) is 9.48 Å². The molecule has 0 unspecified atom stereocenters. The highest BCUT2D eigenvalue weighted by Crippen LogP contribution is 2.30. The molecule has 1 aliphatic carbocycles. The van der Waals surface area contributed by atoms with Crippen molar-refractivity contribution >= 4 is 5.91 Å². The second-order valence-electron chi connectivity index (χ2n) is 6.73. The number of carbonyl (C=O) groups is 1. The predicted molar refractivity (Wildman–Crippen MR) is 91.0 cm³/mol. The second-order valence-corrected chi connectivity index (χ2v) is 6.73. The predicted octanol–water partition coefficient (Wildman–Crippen LogP) is 2.94. The van der Waals surface area contributed by atoms with Crippen LogP contribution in [0.15, 0.2) is 30.5 Å². The van der Waals surface area contributed by atoms with Crippen molar-refractivity contribution in [2.75, 3.05) is 6.61 Å². The van der Waals surface area contributed by atoms with E-state index in [0.29, 0.717) is 18.0 Å². The number of ether oxygens (including phenoxy) is 1. The van der Waals surface area contributed by atoms with E-state index in [-0.39, 0.29) is 5.91 Å². The fraction of sp³-hybridized carbons (Fsp3) is 0.474. The van der Waals surface area contributed by atoms with Gasteiger partial charge in [-0.15, -0.1) is 0 Å². The summed E-state index contributed by atoms with van der Waals surface area (Å²) in [5.41, 5.74) is 2.80. The molecular weight excluding hydrogens is 302 g/mol. The summed E-state index contributed by atoms with van der Waals surface area (Å²) in [6, 6.07) is 7.94. The summed E-state index contributed by atoms with van der Waals surface area (Å²) in [4.78, 5) is 12.5. The minimum atomic E-state index is -0.0462. The monoisotopic (exact) mass is 325 g/mol. The van der Waals surface area contributed by atoms with E-state index in [1.807, 2.05) is 28.9 Å². The number of nitrogens with zero attached hydrogens (tertiary/aromatic N) is 2. The molecule has 0 bridgehead atoms. The van der Waals surface area contributed by atoms with Gasteiger partial charge >= 0.3 is 0 Å². The lowest BCUT2D eigenvalue weighted by Gasteiger charge is -2.15. The Morgan fingerprint density at radius 3 is 3.04 bits per heavy atom. The molecule has 2 heterocycles. The molecule has 1 aromatic carbocycles. The Morgan fingerprint density at radius 1 is 1.29 bits per heavy atom. The molecule has 2 aromatic rings. The summed E-state index contributed by atoms with van der Waals surface area (Å²) in [7, 11) is 0. The summed E-state index contributed by atoms with van der Waals surface area (Å²) in [6.45, 7) is 2.17. The Bertz CT molecular complexity index is 734. The van der Waals surface area contributed by atoms with Gasteiger partial charge in [0.05, 0.1) is 24.1 Å². The number of aryl methyl sites for hydroxylation is 1. The number of hydrogen-bond donors (Lipinski definition) is 1. The van der Waals surface area contributed by atoms with E-state index in [1.165, 1.54) is 12.8 Å². The Balaban J connectivity index is 1.41. The van der Waals surface area contributed by atoms with Gasteiger partial charge in [-0.05, 0) is 44.1 Å². The van der Waals surface area contributed by atoms with Gasteiger partial charge in [0, 0.05) is 18.7 Å². The topological polar surface area (TPSA) is 56.1 Å². The van der Waals surface area contributed by atoms with Crippen molar-refractivity contribution in [3.8, 4) is 5.75 Å². The number of fused-ring (bicyclic) bond motifs is 1. The summed E-state index contributed by atoms with van der Waals surface area (Å²) in [6.07, 6.45) is 7.44. The normalized spacial score (nSPS) is 16.5. The van der Waals surface area contributed by atoms with E-state index in [4.69, 9.17) is 4.74 Å². The molecule has 5 heteroatoms. The largest absolute Gasteiger partial charge is 0.493 e. The first-order chi connectivity index (χ1) is 11.8. The zero-order valence-electron chi connectivity index (χ0n) is 13.8. The average molecular weight is 325 g/mol.